The number of aliphatic carboxylic acids is 1. The smallest absolute Gasteiger partial charge is 0.326 e. The predicted octanol–water partition coefficient (Wildman–Crippen LogP) is 5.13. The number of halogens is 2. The van der Waals surface area contributed by atoms with E-state index in [-0.39, 0.29) is 12.1 Å². The van der Waals surface area contributed by atoms with Crippen molar-refractivity contribution in [1.82, 2.24) is 4.98 Å². The zero-order chi connectivity index (χ0) is 20.3. The number of anilines is 1. The van der Waals surface area contributed by atoms with Gasteiger partial charge in [0.1, 0.15) is 6.04 Å². The lowest BCUT2D eigenvalue weighted by atomic mass is 10.0. The molecule has 10 heteroatoms. The van der Waals surface area contributed by atoms with Gasteiger partial charge >= 0.3 is 5.97 Å². The molecule has 0 aliphatic carbocycles. The molecule has 0 spiro atoms. The number of aromatic nitrogens is 1. The van der Waals surface area contributed by atoms with Gasteiger partial charge in [0.25, 0.3) is 5.69 Å². The molecule has 7 nitrogen and oxygen atoms in total. The van der Waals surface area contributed by atoms with Gasteiger partial charge in [-0.3, -0.25) is 10.1 Å². The first-order valence-corrected chi connectivity index (χ1v) is 9.61. The minimum absolute atomic E-state index is 0.0613. The highest BCUT2D eigenvalue weighted by Crippen LogP contribution is 2.31. The number of thiazole rings is 1. The van der Waals surface area contributed by atoms with Crippen LogP contribution in [-0.2, 0) is 11.2 Å². The summed E-state index contributed by atoms with van der Waals surface area (Å²) >= 11 is 13.2. The summed E-state index contributed by atoms with van der Waals surface area (Å²) in [6.07, 6.45) is -0.0613. The second kappa shape index (κ2) is 8.55. The van der Waals surface area contributed by atoms with Crippen molar-refractivity contribution in [3.05, 3.63) is 73.6 Å². The molecule has 0 saturated carbocycles. The molecule has 0 fully saturated rings. The van der Waals surface area contributed by atoms with E-state index in [1.807, 2.05) is 0 Å². The first-order chi connectivity index (χ1) is 13.3. The normalized spacial score (nSPS) is 11.8. The molecule has 28 heavy (non-hydrogen) atoms. The summed E-state index contributed by atoms with van der Waals surface area (Å²) in [5.41, 5.74) is 1.56. The van der Waals surface area contributed by atoms with Gasteiger partial charge in [0.05, 0.1) is 20.7 Å². The van der Waals surface area contributed by atoms with Crippen LogP contribution >= 0.6 is 34.5 Å². The van der Waals surface area contributed by atoms with Crippen molar-refractivity contribution in [2.75, 3.05) is 5.32 Å². The zero-order valence-electron chi connectivity index (χ0n) is 14.1. The van der Waals surface area contributed by atoms with Crippen molar-refractivity contribution >= 4 is 51.3 Å². The van der Waals surface area contributed by atoms with E-state index in [0.29, 0.717) is 26.4 Å². The molecular weight excluding hydrogens is 425 g/mol. The number of hydrogen-bond donors (Lipinski definition) is 2. The lowest BCUT2D eigenvalue weighted by Gasteiger charge is -2.13. The van der Waals surface area contributed by atoms with E-state index >= 15 is 0 Å². The summed E-state index contributed by atoms with van der Waals surface area (Å²) in [5, 5.41) is 26.5. The van der Waals surface area contributed by atoms with Crippen molar-refractivity contribution in [3.8, 4) is 11.3 Å². The summed E-state index contributed by atoms with van der Waals surface area (Å²) in [7, 11) is 0. The number of para-hydroxylation sites is 1. The van der Waals surface area contributed by atoms with E-state index in [4.69, 9.17) is 23.2 Å². The molecule has 0 aliphatic rings. The Kier molecular flexibility index (Phi) is 6.13. The van der Waals surface area contributed by atoms with Gasteiger partial charge < -0.3 is 10.4 Å². The second-order valence-corrected chi connectivity index (χ2v) is 7.46. The number of rotatable bonds is 7. The largest absolute Gasteiger partial charge is 0.480 e. The van der Waals surface area contributed by atoms with E-state index in [0.717, 1.165) is 5.56 Å². The molecule has 144 valence electrons. The molecule has 3 aromatic rings. The highest BCUT2D eigenvalue weighted by molar-refractivity contribution is 7.14. The van der Waals surface area contributed by atoms with E-state index in [9.17, 15) is 20.0 Å². The highest BCUT2D eigenvalue weighted by Gasteiger charge is 2.23. The van der Waals surface area contributed by atoms with Crippen LogP contribution in [0.3, 0.4) is 0 Å². The number of benzene rings is 2. The lowest BCUT2D eigenvalue weighted by Crippen LogP contribution is -2.31. The summed E-state index contributed by atoms with van der Waals surface area (Å²) in [5.74, 6) is -1.13. The second-order valence-electron chi connectivity index (χ2n) is 5.79. The number of nitro groups is 1. The molecule has 0 amide bonds. The maximum atomic E-state index is 11.7. The summed E-state index contributed by atoms with van der Waals surface area (Å²) in [4.78, 5) is 26.7. The standard InChI is InChI=1S/C18H13Cl2N3O4S/c19-12-6-5-10(7-13(12)20)15-9-28-18(22-15)21-14(17(24)25)8-11-3-1-2-4-16(11)23(26)27/h1-7,9,14H,8H2,(H,21,22)(H,24,25). The maximum Gasteiger partial charge on any atom is 0.326 e. The Labute approximate surface area is 173 Å². The van der Waals surface area contributed by atoms with Gasteiger partial charge in [0.15, 0.2) is 5.13 Å². The number of hydrogen-bond acceptors (Lipinski definition) is 6. The van der Waals surface area contributed by atoms with Gasteiger partial charge in [-0.1, -0.05) is 47.5 Å². The van der Waals surface area contributed by atoms with Crippen LogP contribution in [0.15, 0.2) is 47.8 Å². The van der Waals surface area contributed by atoms with Crippen LogP contribution in [0.2, 0.25) is 10.0 Å². The molecule has 2 aromatic carbocycles. The van der Waals surface area contributed by atoms with Crippen LogP contribution < -0.4 is 5.32 Å². The number of carboxylic acids is 1. The van der Waals surface area contributed by atoms with Crippen molar-refractivity contribution in [2.24, 2.45) is 0 Å². The van der Waals surface area contributed by atoms with E-state index in [1.54, 1.807) is 35.7 Å². The molecule has 3 rings (SSSR count). The number of nitro benzene ring substituents is 1. The Bertz CT molecular complexity index is 1040. The number of carboxylic acid groups (broad SMARTS) is 1. The molecule has 0 radical (unpaired) electrons. The summed E-state index contributed by atoms with van der Waals surface area (Å²) < 4.78 is 0. The quantitative estimate of drug-likeness (QED) is 0.391. The lowest BCUT2D eigenvalue weighted by molar-refractivity contribution is -0.385. The molecule has 0 aliphatic heterocycles. The first-order valence-electron chi connectivity index (χ1n) is 7.97. The third-order valence-corrected chi connectivity index (χ3v) is 5.44. The van der Waals surface area contributed by atoms with Crippen molar-refractivity contribution in [2.45, 2.75) is 12.5 Å². The molecule has 2 N–H and O–H groups in total. The van der Waals surface area contributed by atoms with Gasteiger partial charge in [-0.15, -0.1) is 11.3 Å². The fourth-order valence-corrected chi connectivity index (χ4v) is 3.63. The Morgan fingerprint density at radius 1 is 1.25 bits per heavy atom. The highest BCUT2D eigenvalue weighted by atomic mass is 35.5. The fraction of sp³-hybridized carbons (Fsp3) is 0.111. The number of nitrogens with zero attached hydrogens (tertiary/aromatic N) is 2. The summed E-state index contributed by atoms with van der Waals surface area (Å²) in [6, 6.07) is 10.1. The molecule has 1 heterocycles. The first kappa shape index (κ1) is 20.1. The Morgan fingerprint density at radius 3 is 2.68 bits per heavy atom. The Balaban J connectivity index is 1.81. The third kappa shape index (κ3) is 4.59. The molecule has 0 bridgehead atoms. The molecule has 0 saturated heterocycles. The van der Waals surface area contributed by atoms with Crippen LogP contribution in [0, 0.1) is 10.1 Å². The fourth-order valence-electron chi connectivity index (χ4n) is 2.56. The minimum atomic E-state index is -1.13. The van der Waals surface area contributed by atoms with Crippen LogP contribution in [0.25, 0.3) is 11.3 Å². The maximum absolute atomic E-state index is 11.7. The number of carbonyl (C=O) groups is 1. The minimum Gasteiger partial charge on any atom is -0.480 e. The van der Waals surface area contributed by atoms with Crippen LogP contribution in [0.5, 0.6) is 0 Å². The monoisotopic (exact) mass is 437 g/mol. The Hall–Kier alpha value is -2.68. The average molecular weight is 438 g/mol. The predicted molar refractivity (Wildman–Crippen MR) is 109 cm³/mol. The van der Waals surface area contributed by atoms with Crippen LogP contribution in [0.4, 0.5) is 10.8 Å². The van der Waals surface area contributed by atoms with Gasteiger partial charge in [-0.2, -0.15) is 0 Å². The van der Waals surface area contributed by atoms with E-state index in [2.05, 4.69) is 10.3 Å². The van der Waals surface area contributed by atoms with Crippen molar-refractivity contribution in [1.29, 1.82) is 0 Å². The topological polar surface area (TPSA) is 105 Å². The molecular formula is C18H13Cl2N3O4S. The summed E-state index contributed by atoms with van der Waals surface area (Å²) in [6.45, 7) is 0. The zero-order valence-corrected chi connectivity index (χ0v) is 16.5. The van der Waals surface area contributed by atoms with Crippen LogP contribution in [0.1, 0.15) is 5.56 Å². The van der Waals surface area contributed by atoms with Crippen molar-refractivity contribution < 1.29 is 14.8 Å². The molecule has 1 aromatic heterocycles. The number of nitrogens with one attached hydrogen (secondary N) is 1. The average Bonchev–Trinajstić information content (AvgIpc) is 3.12. The SMILES string of the molecule is O=C(O)C(Cc1ccccc1[N+](=O)[O-])Nc1nc(-c2ccc(Cl)c(Cl)c2)cs1. The van der Waals surface area contributed by atoms with Gasteiger partial charge in [-0.25, -0.2) is 9.78 Å². The van der Waals surface area contributed by atoms with E-state index in [1.165, 1.54) is 23.5 Å². The Morgan fingerprint density at radius 2 is 2.00 bits per heavy atom. The third-order valence-electron chi connectivity index (χ3n) is 3.93. The molecule has 1 unspecified atom stereocenters. The van der Waals surface area contributed by atoms with Crippen LogP contribution in [-0.4, -0.2) is 27.0 Å². The molecule has 1 atom stereocenters. The van der Waals surface area contributed by atoms with E-state index < -0.39 is 16.9 Å². The van der Waals surface area contributed by atoms with Crippen molar-refractivity contribution in [3.63, 3.8) is 0 Å². The van der Waals surface area contributed by atoms with Gasteiger partial charge in [0.2, 0.25) is 0 Å². The van der Waals surface area contributed by atoms with Gasteiger partial charge in [0, 0.05) is 29.0 Å². The van der Waals surface area contributed by atoms with Gasteiger partial charge in [-0.05, 0) is 12.1 Å².